The molecule has 0 saturated heterocycles. The molecular weight excluding hydrogens is 597 g/mol. The number of benzene rings is 2. The summed E-state index contributed by atoms with van der Waals surface area (Å²) in [6, 6.07) is 8.87. The van der Waals surface area contributed by atoms with Crippen molar-refractivity contribution >= 4 is 57.7 Å². The van der Waals surface area contributed by atoms with Crippen molar-refractivity contribution in [1.82, 2.24) is 0 Å². The normalized spacial score (nSPS) is 28.3. The average Bonchev–Trinajstić information content (AvgIpc) is 3.54. The first-order chi connectivity index (χ1) is 20.6. The molecule has 4 unspecified atom stereocenters. The lowest BCUT2D eigenvalue weighted by molar-refractivity contribution is -0.838. The van der Waals surface area contributed by atoms with E-state index >= 15 is 0 Å². The molecule has 2 aromatic carbocycles. The van der Waals surface area contributed by atoms with Crippen molar-refractivity contribution in [1.29, 1.82) is 0 Å². The molecule has 0 spiro atoms. The van der Waals surface area contributed by atoms with Crippen LogP contribution in [-0.2, 0) is 27.8 Å². The summed E-state index contributed by atoms with van der Waals surface area (Å²) in [5, 5.41) is 1.81. The Morgan fingerprint density at radius 3 is 2.79 bits per heavy atom. The van der Waals surface area contributed by atoms with E-state index in [0.29, 0.717) is 11.3 Å². The fourth-order valence-electron chi connectivity index (χ4n) is 7.80. The van der Waals surface area contributed by atoms with Crippen LogP contribution in [0, 0.1) is 5.92 Å². The van der Waals surface area contributed by atoms with Gasteiger partial charge in [0.2, 0.25) is 0 Å². The number of nitrogens with zero attached hydrogens (tertiary/aromatic N) is 1. The molecule has 4 aliphatic heterocycles. The Bertz CT molecular complexity index is 1620. The highest BCUT2D eigenvalue weighted by molar-refractivity contribution is 8.03. The van der Waals surface area contributed by atoms with Crippen LogP contribution in [0.1, 0.15) is 49.7 Å². The monoisotopic (exact) mass is 633 g/mol. The van der Waals surface area contributed by atoms with E-state index in [1.807, 2.05) is 18.0 Å². The summed E-state index contributed by atoms with van der Waals surface area (Å²) in [5.41, 5.74) is 10.2. The highest BCUT2D eigenvalue weighted by Gasteiger charge is 2.40. The van der Waals surface area contributed by atoms with Crippen molar-refractivity contribution in [3.05, 3.63) is 81.4 Å². The van der Waals surface area contributed by atoms with Gasteiger partial charge in [-0.25, -0.2) is 0 Å². The molecule has 0 amide bonds. The molecule has 6 aliphatic rings. The van der Waals surface area contributed by atoms with Crippen LogP contribution in [0.4, 0.5) is 11.4 Å². The molecular formula is C34H37N2O2S4+. The number of quaternary nitrogens is 1. The van der Waals surface area contributed by atoms with E-state index in [2.05, 4.69) is 65.2 Å². The van der Waals surface area contributed by atoms with Crippen molar-refractivity contribution in [3.63, 3.8) is 0 Å². The Labute approximate surface area is 264 Å². The lowest BCUT2D eigenvalue weighted by Crippen LogP contribution is -3.10. The predicted molar refractivity (Wildman–Crippen MR) is 177 cm³/mol. The molecule has 0 fully saturated rings. The third-order valence-electron chi connectivity index (χ3n) is 9.68. The second kappa shape index (κ2) is 11.4. The van der Waals surface area contributed by atoms with E-state index in [4.69, 9.17) is 4.18 Å². The smallest absolute Gasteiger partial charge is 0.163 e. The van der Waals surface area contributed by atoms with E-state index in [1.165, 1.54) is 110 Å². The minimum Gasteiger partial charge on any atom is -0.335 e. The lowest BCUT2D eigenvalue weighted by atomic mass is 9.77. The highest BCUT2D eigenvalue weighted by atomic mass is 32.2. The van der Waals surface area contributed by atoms with Crippen LogP contribution >= 0.6 is 35.6 Å². The van der Waals surface area contributed by atoms with Crippen molar-refractivity contribution in [3.8, 4) is 0 Å². The van der Waals surface area contributed by atoms with E-state index in [9.17, 15) is 4.21 Å². The first-order valence-electron chi connectivity index (χ1n) is 15.3. The van der Waals surface area contributed by atoms with Gasteiger partial charge in [0.15, 0.2) is 11.1 Å². The second-order valence-corrected chi connectivity index (χ2v) is 16.7. The number of allylic oxidation sites excluding steroid dienone is 6. The van der Waals surface area contributed by atoms with Gasteiger partial charge >= 0.3 is 0 Å². The van der Waals surface area contributed by atoms with Gasteiger partial charge in [-0.1, -0.05) is 35.7 Å². The average molecular weight is 634 g/mol. The molecule has 1 N–H and O–H groups in total. The molecule has 2 aromatic rings. The van der Waals surface area contributed by atoms with Crippen LogP contribution in [0.3, 0.4) is 0 Å². The first-order valence-corrected chi connectivity index (χ1v) is 19.3. The van der Waals surface area contributed by atoms with Crippen LogP contribution < -0.4 is 9.80 Å². The summed E-state index contributed by atoms with van der Waals surface area (Å²) in [6.45, 7) is 2.27. The maximum Gasteiger partial charge on any atom is 0.163 e. The molecule has 2 aliphatic carbocycles. The maximum atomic E-state index is 12.4. The zero-order valence-corrected chi connectivity index (χ0v) is 27.5. The third-order valence-corrected chi connectivity index (χ3v) is 13.8. The van der Waals surface area contributed by atoms with Gasteiger partial charge in [0.05, 0.1) is 40.1 Å². The summed E-state index contributed by atoms with van der Waals surface area (Å²) >= 11 is 5.47. The summed E-state index contributed by atoms with van der Waals surface area (Å²) in [6.07, 6.45) is 21.3. The van der Waals surface area contributed by atoms with Gasteiger partial charge in [0, 0.05) is 51.5 Å². The minimum absolute atomic E-state index is 0.462. The van der Waals surface area contributed by atoms with E-state index in [1.54, 1.807) is 12.0 Å². The van der Waals surface area contributed by atoms with Gasteiger partial charge in [-0.15, -0.1) is 0 Å². The largest absolute Gasteiger partial charge is 0.335 e. The number of thioether (sulfide) groups is 2. The summed E-state index contributed by atoms with van der Waals surface area (Å²) < 4.78 is 17.9. The molecule has 8 rings (SSSR count). The van der Waals surface area contributed by atoms with Gasteiger partial charge in [-0.2, -0.15) is 0 Å². The molecule has 4 atom stereocenters. The number of rotatable bonds is 5. The predicted octanol–water partition coefficient (Wildman–Crippen LogP) is 7.35. The van der Waals surface area contributed by atoms with Gasteiger partial charge in [0.1, 0.15) is 0 Å². The number of hydrogen-bond donors (Lipinski definition) is 1. The number of hydrogen-bond acceptors (Lipinski definition) is 6. The van der Waals surface area contributed by atoms with Crippen LogP contribution in [0.2, 0.25) is 0 Å². The van der Waals surface area contributed by atoms with Crippen molar-refractivity contribution in [2.75, 3.05) is 31.4 Å². The van der Waals surface area contributed by atoms with E-state index in [-0.39, 0.29) is 0 Å². The molecule has 0 radical (unpaired) electrons. The van der Waals surface area contributed by atoms with Gasteiger partial charge in [0.25, 0.3) is 0 Å². The quantitative estimate of drug-likeness (QED) is 0.347. The zero-order chi connectivity index (χ0) is 28.4. The summed E-state index contributed by atoms with van der Waals surface area (Å²) in [5.74, 6) is 0.692. The summed E-state index contributed by atoms with van der Waals surface area (Å²) in [7, 11) is 0.826. The molecule has 0 saturated carbocycles. The molecule has 4 heterocycles. The molecule has 42 heavy (non-hydrogen) atoms. The molecule has 4 nitrogen and oxygen atoms in total. The number of anilines is 1. The standard InChI is InChI=1S/C34H36N2O2S4/c1-38-41-27-11-12-28-33-25(27)5-3-15-35(33)31(39-28)19-21-7-9-23-10-8-22(18-24(23)17-21)20-32-36-16-4-6-26-30(42(2)37)14-13-29(40-32)34(26)36/h11-14,17-20,23,31H,3-10,15-16H2,1-2H3/p+1/b21-19+,32-20-. The number of fused-ring (bicyclic) bond motifs is 1. The maximum absolute atomic E-state index is 12.4. The van der Waals surface area contributed by atoms with E-state index in [0.717, 1.165) is 30.7 Å². The van der Waals surface area contributed by atoms with Gasteiger partial charge < -0.3 is 9.08 Å². The van der Waals surface area contributed by atoms with Crippen molar-refractivity contribution in [2.24, 2.45) is 5.92 Å². The molecule has 0 bridgehead atoms. The Morgan fingerprint density at radius 2 is 1.90 bits per heavy atom. The zero-order valence-electron chi connectivity index (χ0n) is 24.2. The Kier molecular flexibility index (Phi) is 7.52. The minimum atomic E-state index is -0.945. The lowest BCUT2D eigenvalue weighted by Gasteiger charge is -2.31. The molecule has 8 heteroatoms. The molecule has 218 valence electrons. The fraction of sp³-hybridized carbons (Fsp3) is 0.412. The van der Waals surface area contributed by atoms with Crippen molar-refractivity contribution < 1.29 is 13.3 Å². The third kappa shape index (κ3) is 4.81. The van der Waals surface area contributed by atoms with Crippen LogP contribution in [0.25, 0.3) is 0 Å². The van der Waals surface area contributed by atoms with E-state index < -0.39 is 10.8 Å². The van der Waals surface area contributed by atoms with Crippen LogP contribution in [0.15, 0.2) is 89.9 Å². The topological polar surface area (TPSA) is 34.0 Å². The Morgan fingerprint density at radius 1 is 1.05 bits per heavy atom. The van der Waals surface area contributed by atoms with Gasteiger partial charge in [-0.05, 0) is 110 Å². The summed E-state index contributed by atoms with van der Waals surface area (Å²) in [4.78, 5) is 9.25. The Balaban J connectivity index is 1.06. The van der Waals surface area contributed by atoms with Crippen LogP contribution in [0.5, 0.6) is 0 Å². The second-order valence-electron chi connectivity index (χ2n) is 12.1. The van der Waals surface area contributed by atoms with Crippen LogP contribution in [-0.4, -0.2) is 36.0 Å². The SMILES string of the molecule is COSc1ccc2c3c1CCC[NH+]3C(/C=C1/C=C3C=C(/C=C4\Sc5ccc(S(C)=O)c6c5N4CCC6)CCC3CC1)S2. The highest BCUT2D eigenvalue weighted by Crippen LogP contribution is 2.52. The Hall–Kier alpha value is -1.68. The van der Waals surface area contributed by atoms with Crippen molar-refractivity contribution in [2.45, 2.75) is 76.3 Å². The van der Waals surface area contributed by atoms with Gasteiger partial charge in [-0.3, -0.25) is 9.11 Å². The fourth-order valence-corrected chi connectivity index (χ4v) is 11.8. The number of nitrogens with one attached hydrogen (secondary N) is 1. The first kappa shape index (κ1) is 27.8. The molecule has 0 aromatic heterocycles.